The Bertz CT molecular complexity index is 1720. The number of unbranched alkanes of at least 4 members (excludes halogenated alkanes) is 1. The fourth-order valence-corrected chi connectivity index (χ4v) is 6.63. The lowest BCUT2D eigenvalue weighted by molar-refractivity contribution is -0.134. The maximum atomic E-state index is 14.0. The van der Waals surface area contributed by atoms with Gasteiger partial charge in [-0.05, 0) is 75.1 Å². The van der Waals surface area contributed by atoms with E-state index in [1.165, 1.54) is 19.1 Å². The molecule has 0 aliphatic carbocycles. The first kappa shape index (κ1) is 46.9. The second-order valence-corrected chi connectivity index (χ2v) is 15.2. The number of hydrogen-bond acceptors (Lipinski definition) is 12. The minimum atomic E-state index is -1.30. The maximum absolute atomic E-state index is 14.0. The third-order valence-corrected chi connectivity index (χ3v) is 9.57. The number of nitrogens with two attached hydrogens (primary N) is 3. The zero-order valence-corrected chi connectivity index (χ0v) is 33.3. The van der Waals surface area contributed by atoms with Gasteiger partial charge in [0.15, 0.2) is 11.0 Å². The molecule has 5 atom stereocenters. The van der Waals surface area contributed by atoms with Gasteiger partial charge < -0.3 is 54.2 Å². The summed E-state index contributed by atoms with van der Waals surface area (Å²) in [6.45, 7) is 8.21. The number of nitrogens with one attached hydrogen (secondary N) is 7. The average molecular weight is 804 g/mol. The Labute approximate surface area is 329 Å². The van der Waals surface area contributed by atoms with Gasteiger partial charge in [-0.1, -0.05) is 27.7 Å². The number of benzene rings is 1. The van der Waals surface area contributed by atoms with E-state index in [0.29, 0.717) is 36.0 Å². The predicted molar refractivity (Wildman–Crippen MR) is 211 cm³/mol. The van der Waals surface area contributed by atoms with Crippen LogP contribution < -0.4 is 49.1 Å². The quantitative estimate of drug-likeness (QED) is 0.0267. The molecule has 0 saturated heterocycles. The highest BCUT2D eigenvalue weighted by molar-refractivity contribution is 7.20. The van der Waals surface area contributed by atoms with Crippen LogP contribution in [0.1, 0.15) is 93.3 Å². The Morgan fingerprint density at radius 2 is 1.43 bits per heavy atom. The highest BCUT2D eigenvalue weighted by Crippen LogP contribution is 2.25. The molecule has 56 heavy (non-hydrogen) atoms. The number of thiazole rings is 1. The third kappa shape index (κ3) is 15.1. The average Bonchev–Trinajstić information content (AvgIpc) is 3.55. The number of fused-ring (bicyclic) bond motifs is 1. The zero-order valence-electron chi connectivity index (χ0n) is 32.5. The molecule has 19 nitrogen and oxygen atoms in total. The van der Waals surface area contributed by atoms with Crippen molar-refractivity contribution >= 4 is 68.7 Å². The van der Waals surface area contributed by atoms with Gasteiger partial charge in [0.05, 0.1) is 22.9 Å². The van der Waals surface area contributed by atoms with Gasteiger partial charge in [0.25, 0.3) is 5.91 Å². The molecule has 6 amide bonds. The molecule has 1 heterocycles. The van der Waals surface area contributed by atoms with Gasteiger partial charge in [-0.2, -0.15) is 0 Å². The Morgan fingerprint density at radius 3 is 2.00 bits per heavy atom. The van der Waals surface area contributed by atoms with Crippen LogP contribution in [0.4, 0.5) is 0 Å². The van der Waals surface area contributed by atoms with Crippen LogP contribution in [0.5, 0.6) is 0 Å². The van der Waals surface area contributed by atoms with Gasteiger partial charge in [0, 0.05) is 19.0 Å². The van der Waals surface area contributed by atoms with Crippen molar-refractivity contribution in [3.63, 3.8) is 0 Å². The molecule has 310 valence electrons. The number of aliphatic hydroxyl groups is 1. The first-order chi connectivity index (χ1) is 26.4. The number of Topliss-reactive ketones (excluding diaryl/α,β-unsaturated/α-hetero) is 1. The number of guanidine groups is 1. The van der Waals surface area contributed by atoms with Crippen molar-refractivity contribution in [3.05, 3.63) is 28.8 Å². The van der Waals surface area contributed by atoms with Gasteiger partial charge >= 0.3 is 0 Å². The number of aliphatic hydroxyl groups excluding tert-OH is 1. The maximum Gasteiger partial charge on any atom is 0.251 e. The number of hydrogen-bond donors (Lipinski definition) is 11. The smallest absolute Gasteiger partial charge is 0.251 e. The number of amides is 6. The Kier molecular flexibility index (Phi) is 19.3. The molecule has 14 N–H and O–H groups in total. The van der Waals surface area contributed by atoms with Crippen LogP contribution in [0.25, 0.3) is 10.2 Å². The minimum absolute atomic E-state index is 0.0457. The van der Waals surface area contributed by atoms with E-state index in [1.807, 2.05) is 13.8 Å². The van der Waals surface area contributed by atoms with Crippen LogP contribution in [-0.2, 0) is 24.0 Å². The SMILES string of the molecule is CC(=O)N[C@@H](CO)C(=O)N[C@@H](CCCCN)C(=O)N[C@@H](CC(C)C)C(=O)N[C@@H](CCCNC(=N)N)C(=O)c1nc2ccc(C(=O)NC(C(N)=O)C(C)C)cc2s1. The van der Waals surface area contributed by atoms with E-state index >= 15 is 0 Å². The van der Waals surface area contributed by atoms with Gasteiger partial charge in [-0.3, -0.25) is 39.0 Å². The van der Waals surface area contributed by atoms with E-state index in [1.54, 1.807) is 19.9 Å². The van der Waals surface area contributed by atoms with Crippen LogP contribution in [0.3, 0.4) is 0 Å². The summed E-state index contributed by atoms with van der Waals surface area (Å²) in [6.07, 6.45) is 1.71. The van der Waals surface area contributed by atoms with Crippen LogP contribution in [0, 0.1) is 17.2 Å². The number of nitrogens with zero attached hydrogens (tertiary/aromatic N) is 1. The topological polar surface area (TPSA) is 327 Å². The van der Waals surface area contributed by atoms with E-state index < -0.39 is 78.0 Å². The molecule has 2 rings (SSSR count). The van der Waals surface area contributed by atoms with E-state index in [9.17, 15) is 38.7 Å². The molecule has 0 bridgehead atoms. The molecule has 0 saturated carbocycles. The largest absolute Gasteiger partial charge is 0.394 e. The summed E-state index contributed by atoms with van der Waals surface area (Å²) < 4.78 is 0.499. The lowest BCUT2D eigenvalue weighted by Crippen LogP contribution is -2.58. The molecule has 0 fully saturated rings. The normalized spacial score (nSPS) is 13.9. The summed E-state index contributed by atoms with van der Waals surface area (Å²) in [6, 6.07) is -1.00. The molecule has 1 unspecified atom stereocenters. The van der Waals surface area contributed by atoms with Crippen molar-refractivity contribution in [1.29, 1.82) is 5.41 Å². The molecular weight excluding hydrogens is 747 g/mol. The van der Waals surface area contributed by atoms with Crippen molar-refractivity contribution in [1.82, 2.24) is 36.9 Å². The molecule has 0 spiro atoms. The lowest BCUT2D eigenvalue weighted by Gasteiger charge is -2.27. The van der Waals surface area contributed by atoms with E-state index in [0.717, 1.165) is 11.3 Å². The number of rotatable bonds is 24. The van der Waals surface area contributed by atoms with Crippen LogP contribution in [-0.4, -0.2) is 107 Å². The fraction of sp³-hybridized carbons (Fsp3) is 0.583. The first-order valence-electron chi connectivity index (χ1n) is 18.5. The monoisotopic (exact) mass is 803 g/mol. The van der Waals surface area contributed by atoms with E-state index in [4.69, 9.17) is 22.6 Å². The number of ketones is 1. The Balaban J connectivity index is 2.38. The molecule has 0 radical (unpaired) electrons. The van der Waals surface area contributed by atoms with E-state index in [2.05, 4.69) is 36.9 Å². The van der Waals surface area contributed by atoms with E-state index in [-0.39, 0.29) is 54.2 Å². The molecule has 1 aromatic heterocycles. The standard InChI is InChI=1S/C36H57N11O8S/c1-18(2)15-25(45-32(53)24(9-6-7-13-37)44-34(55)26(17-48)42-20(5)49)33(54)43-23(10-8-14-41-36(39)40)29(50)35-46-22-12-11-21(16-27(22)56-35)31(52)47-28(19(3)4)30(38)51/h11-12,16,18-19,23-26,28,48H,6-10,13-15,17,37H2,1-5H3,(H2,38,51)(H,42,49)(H,43,54)(H,44,55)(H,45,53)(H,47,52)(H4,39,40,41)/t23-,24-,25-,26-,28?/m0/s1. The second kappa shape index (κ2) is 23.0. The Morgan fingerprint density at radius 1 is 0.821 bits per heavy atom. The lowest BCUT2D eigenvalue weighted by atomic mass is 10.00. The molecule has 1 aromatic carbocycles. The van der Waals surface area contributed by atoms with Gasteiger partial charge in [-0.15, -0.1) is 11.3 Å². The van der Waals surface area contributed by atoms with Crippen LogP contribution in [0.2, 0.25) is 0 Å². The number of aromatic nitrogens is 1. The second-order valence-electron chi connectivity index (χ2n) is 14.2. The molecule has 20 heteroatoms. The summed E-state index contributed by atoms with van der Waals surface area (Å²) in [4.78, 5) is 95.4. The van der Waals surface area contributed by atoms with Gasteiger partial charge in [0.1, 0.15) is 24.2 Å². The molecular formula is C36H57N11O8S. The van der Waals surface area contributed by atoms with Crippen molar-refractivity contribution in [2.24, 2.45) is 29.0 Å². The summed E-state index contributed by atoms with van der Waals surface area (Å²) in [5.74, 6) is -5.06. The van der Waals surface area contributed by atoms with Crippen molar-refractivity contribution in [2.75, 3.05) is 19.7 Å². The van der Waals surface area contributed by atoms with Crippen molar-refractivity contribution < 1.29 is 38.7 Å². The number of carbonyl (C=O) groups is 7. The Hall–Kier alpha value is -5.21. The third-order valence-electron chi connectivity index (χ3n) is 8.54. The molecule has 2 aromatic rings. The summed E-state index contributed by atoms with van der Waals surface area (Å²) in [5.41, 5.74) is 17.1. The van der Waals surface area contributed by atoms with Crippen LogP contribution >= 0.6 is 11.3 Å². The number of primary amides is 1. The molecule has 0 aliphatic rings. The zero-order chi connectivity index (χ0) is 42.1. The van der Waals surface area contributed by atoms with Gasteiger partial charge in [0.2, 0.25) is 35.3 Å². The first-order valence-corrected chi connectivity index (χ1v) is 19.3. The summed E-state index contributed by atoms with van der Waals surface area (Å²) >= 11 is 1.01. The summed E-state index contributed by atoms with van der Waals surface area (Å²) in [5, 5.41) is 32.8. The minimum Gasteiger partial charge on any atom is -0.394 e. The number of carbonyl (C=O) groups excluding carboxylic acids is 7. The van der Waals surface area contributed by atoms with Crippen molar-refractivity contribution in [2.45, 2.75) is 103 Å². The predicted octanol–water partition coefficient (Wildman–Crippen LogP) is -0.892. The highest BCUT2D eigenvalue weighted by Gasteiger charge is 2.32. The van der Waals surface area contributed by atoms with Gasteiger partial charge in [-0.25, -0.2) is 4.98 Å². The highest BCUT2D eigenvalue weighted by atomic mass is 32.1. The fourth-order valence-electron chi connectivity index (χ4n) is 5.63. The van der Waals surface area contributed by atoms with Crippen molar-refractivity contribution in [3.8, 4) is 0 Å². The summed E-state index contributed by atoms with van der Waals surface area (Å²) in [7, 11) is 0. The molecule has 0 aliphatic heterocycles. The van der Waals surface area contributed by atoms with Crippen LogP contribution in [0.15, 0.2) is 18.2 Å².